The molecule has 1 atom stereocenters. The van der Waals surface area contributed by atoms with Crippen LogP contribution in [0.1, 0.15) is 40.0 Å². The second-order valence-electron chi connectivity index (χ2n) is 6.63. The first-order valence-corrected chi connectivity index (χ1v) is 8.30. The fourth-order valence-electron chi connectivity index (χ4n) is 3.16. The standard InChI is InChI=1S/C16H33N3O2/c1-5-16(17-4,15(20)21)7-6-8-18-9-11-19(12-10-18)13-14(2)3/h14,17H,5-13H2,1-4H3,(H,20,21). The molecule has 1 aliphatic heterocycles. The molecule has 0 aromatic heterocycles. The number of hydrogen-bond acceptors (Lipinski definition) is 4. The monoisotopic (exact) mass is 299 g/mol. The van der Waals surface area contributed by atoms with E-state index in [0.717, 1.165) is 45.1 Å². The molecule has 0 saturated carbocycles. The summed E-state index contributed by atoms with van der Waals surface area (Å²) >= 11 is 0. The second kappa shape index (κ2) is 8.71. The van der Waals surface area contributed by atoms with Gasteiger partial charge >= 0.3 is 5.97 Å². The van der Waals surface area contributed by atoms with Crippen LogP contribution in [0.5, 0.6) is 0 Å². The molecule has 0 aromatic carbocycles. The Labute approximate surface area is 129 Å². The lowest BCUT2D eigenvalue weighted by Crippen LogP contribution is -2.51. The maximum Gasteiger partial charge on any atom is 0.323 e. The summed E-state index contributed by atoms with van der Waals surface area (Å²) in [6.45, 7) is 13.2. The van der Waals surface area contributed by atoms with Crippen LogP contribution in [0, 0.1) is 5.92 Å². The molecule has 2 N–H and O–H groups in total. The van der Waals surface area contributed by atoms with Gasteiger partial charge in [0.2, 0.25) is 0 Å². The molecule has 1 aliphatic rings. The molecule has 1 heterocycles. The number of aliphatic carboxylic acids is 1. The highest BCUT2D eigenvalue weighted by Crippen LogP contribution is 2.18. The largest absolute Gasteiger partial charge is 0.480 e. The summed E-state index contributed by atoms with van der Waals surface area (Å²) in [5, 5.41) is 12.4. The number of rotatable bonds is 9. The molecule has 124 valence electrons. The Kier molecular flexibility index (Phi) is 7.63. The van der Waals surface area contributed by atoms with Crippen LogP contribution in [0.3, 0.4) is 0 Å². The number of carboxylic acids is 1. The lowest BCUT2D eigenvalue weighted by molar-refractivity contribution is -0.145. The van der Waals surface area contributed by atoms with Crippen LogP contribution in [0.4, 0.5) is 0 Å². The van der Waals surface area contributed by atoms with E-state index in [2.05, 4.69) is 29.0 Å². The minimum absolute atomic E-state index is 0.626. The third kappa shape index (κ3) is 5.57. The Morgan fingerprint density at radius 3 is 2.24 bits per heavy atom. The first kappa shape index (κ1) is 18.4. The van der Waals surface area contributed by atoms with Crippen molar-refractivity contribution in [1.29, 1.82) is 0 Å². The maximum atomic E-state index is 11.4. The van der Waals surface area contributed by atoms with Crippen molar-refractivity contribution in [3.05, 3.63) is 0 Å². The third-order valence-corrected chi connectivity index (χ3v) is 4.66. The number of carbonyl (C=O) groups is 1. The number of piperazine rings is 1. The Bertz CT molecular complexity index is 309. The highest BCUT2D eigenvalue weighted by Gasteiger charge is 2.34. The molecule has 1 fully saturated rings. The van der Waals surface area contributed by atoms with Crippen molar-refractivity contribution in [1.82, 2.24) is 15.1 Å². The topological polar surface area (TPSA) is 55.8 Å². The number of nitrogens with zero attached hydrogens (tertiary/aromatic N) is 2. The number of carboxylic acid groups (broad SMARTS) is 1. The molecule has 0 radical (unpaired) electrons. The fourth-order valence-corrected chi connectivity index (χ4v) is 3.16. The molecule has 5 heteroatoms. The first-order valence-electron chi connectivity index (χ1n) is 8.30. The predicted molar refractivity (Wildman–Crippen MR) is 86.7 cm³/mol. The fraction of sp³-hybridized carbons (Fsp3) is 0.938. The minimum Gasteiger partial charge on any atom is -0.480 e. The molecule has 21 heavy (non-hydrogen) atoms. The van der Waals surface area contributed by atoms with Gasteiger partial charge in [0, 0.05) is 32.7 Å². The highest BCUT2D eigenvalue weighted by molar-refractivity contribution is 5.78. The van der Waals surface area contributed by atoms with Crippen LogP contribution < -0.4 is 5.32 Å². The number of nitrogens with one attached hydrogen (secondary N) is 1. The molecule has 5 nitrogen and oxygen atoms in total. The number of likely N-dealkylation sites (N-methyl/N-ethyl adjacent to an activating group) is 1. The Balaban J connectivity index is 2.29. The van der Waals surface area contributed by atoms with E-state index in [1.54, 1.807) is 7.05 Å². The summed E-state index contributed by atoms with van der Waals surface area (Å²) in [5.74, 6) is 0.00201. The van der Waals surface area contributed by atoms with E-state index in [4.69, 9.17) is 0 Å². The van der Waals surface area contributed by atoms with Gasteiger partial charge < -0.3 is 20.2 Å². The van der Waals surface area contributed by atoms with Crippen molar-refractivity contribution in [2.24, 2.45) is 5.92 Å². The van der Waals surface area contributed by atoms with E-state index in [9.17, 15) is 9.90 Å². The highest BCUT2D eigenvalue weighted by atomic mass is 16.4. The molecule has 1 rings (SSSR count). The van der Waals surface area contributed by atoms with Crippen molar-refractivity contribution in [2.75, 3.05) is 46.3 Å². The Morgan fingerprint density at radius 2 is 1.81 bits per heavy atom. The zero-order valence-electron chi connectivity index (χ0n) is 14.2. The molecule has 0 bridgehead atoms. The van der Waals surface area contributed by atoms with Gasteiger partial charge in [-0.1, -0.05) is 20.8 Å². The number of hydrogen-bond donors (Lipinski definition) is 2. The van der Waals surface area contributed by atoms with Gasteiger partial charge in [-0.3, -0.25) is 4.79 Å². The van der Waals surface area contributed by atoms with E-state index in [-0.39, 0.29) is 0 Å². The summed E-state index contributed by atoms with van der Waals surface area (Å²) in [6.07, 6.45) is 2.26. The predicted octanol–water partition coefficient (Wildman–Crippen LogP) is 1.49. The van der Waals surface area contributed by atoms with Gasteiger partial charge in [-0.05, 0) is 38.8 Å². The van der Waals surface area contributed by atoms with Crippen LogP contribution >= 0.6 is 0 Å². The van der Waals surface area contributed by atoms with Crippen LogP contribution in [-0.4, -0.2) is 72.7 Å². The minimum atomic E-state index is -0.751. The molecule has 0 aromatic rings. The van der Waals surface area contributed by atoms with Gasteiger partial charge in [-0.25, -0.2) is 0 Å². The van der Waals surface area contributed by atoms with Crippen molar-refractivity contribution in [3.8, 4) is 0 Å². The van der Waals surface area contributed by atoms with Crippen molar-refractivity contribution >= 4 is 5.97 Å². The first-order chi connectivity index (χ1) is 9.93. The van der Waals surface area contributed by atoms with E-state index in [1.165, 1.54) is 6.54 Å². The zero-order valence-corrected chi connectivity index (χ0v) is 14.2. The van der Waals surface area contributed by atoms with Gasteiger partial charge in [0.05, 0.1) is 0 Å². The van der Waals surface area contributed by atoms with Gasteiger partial charge in [-0.2, -0.15) is 0 Å². The van der Waals surface area contributed by atoms with Crippen LogP contribution in [0.25, 0.3) is 0 Å². The average Bonchev–Trinajstić information content (AvgIpc) is 2.45. The average molecular weight is 299 g/mol. The smallest absolute Gasteiger partial charge is 0.323 e. The summed E-state index contributed by atoms with van der Waals surface area (Å²) in [4.78, 5) is 16.4. The molecule has 0 aliphatic carbocycles. The van der Waals surface area contributed by atoms with Gasteiger partial charge in [0.15, 0.2) is 0 Å². The molecular formula is C16H33N3O2. The third-order valence-electron chi connectivity index (χ3n) is 4.66. The van der Waals surface area contributed by atoms with Gasteiger partial charge in [-0.15, -0.1) is 0 Å². The van der Waals surface area contributed by atoms with E-state index in [0.29, 0.717) is 12.8 Å². The second-order valence-corrected chi connectivity index (χ2v) is 6.63. The van der Waals surface area contributed by atoms with Crippen LogP contribution in [-0.2, 0) is 4.79 Å². The van der Waals surface area contributed by atoms with Gasteiger partial charge in [0.25, 0.3) is 0 Å². The summed E-state index contributed by atoms with van der Waals surface area (Å²) in [5.41, 5.74) is -0.751. The zero-order chi connectivity index (χ0) is 15.9. The summed E-state index contributed by atoms with van der Waals surface area (Å²) in [6, 6.07) is 0. The van der Waals surface area contributed by atoms with Crippen LogP contribution in [0.15, 0.2) is 0 Å². The molecule has 0 amide bonds. The normalized spacial score (nSPS) is 20.6. The lowest BCUT2D eigenvalue weighted by atomic mass is 9.90. The molecule has 1 saturated heterocycles. The van der Waals surface area contributed by atoms with Crippen molar-refractivity contribution in [3.63, 3.8) is 0 Å². The molecule has 1 unspecified atom stereocenters. The van der Waals surface area contributed by atoms with E-state index >= 15 is 0 Å². The Morgan fingerprint density at radius 1 is 1.24 bits per heavy atom. The summed E-state index contributed by atoms with van der Waals surface area (Å²) in [7, 11) is 1.75. The summed E-state index contributed by atoms with van der Waals surface area (Å²) < 4.78 is 0. The quantitative estimate of drug-likeness (QED) is 0.675. The SMILES string of the molecule is CCC(CCCN1CCN(CC(C)C)CC1)(NC)C(=O)O. The van der Waals surface area contributed by atoms with Gasteiger partial charge in [0.1, 0.15) is 5.54 Å². The Hall–Kier alpha value is -0.650. The molecular weight excluding hydrogens is 266 g/mol. The van der Waals surface area contributed by atoms with Crippen LogP contribution in [0.2, 0.25) is 0 Å². The molecule has 0 spiro atoms. The van der Waals surface area contributed by atoms with E-state index < -0.39 is 11.5 Å². The van der Waals surface area contributed by atoms with Crippen molar-refractivity contribution < 1.29 is 9.90 Å². The van der Waals surface area contributed by atoms with Crippen molar-refractivity contribution in [2.45, 2.75) is 45.6 Å². The maximum absolute atomic E-state index is 11.4. The van der Waals surface area contributed by atoms with E-state index in [1.807, 2.05) is 6.92 Å². The lowest BCUT2D eigenvalue weighted by Gasteiger charge is -2.36.